The van der Waals surface area contributed by atoms with Crippen molar-refractivity contribution in [1.82, 2.24) is 14.5 Å². The number of amides is 1. The van der Waals surface area contributed by atoms with Crippen molar-refractivity contribution in [2.24, 2.45) is 0 Å². The summed E-state index contributed by atoms with van der Waals surface area (Å²) >= 11 is 0. The van der Waals surface area contributed by atoms with E-state index in [0.717, 1.165) is 4.31 Å². The third kappa shape index (κ3) is 4.81. The fraction of sp³-hybridized carbons (Fsp3) is 0.211. The van der Waals surface area contributed by atoms with Gasteiger partial charge in [-0.15, -0.1) is 5.10 Å². The van der Waals surface area contributed by atoms with Gasteiger partial charge in [-0.2, -0.15) is 0 Å². The molecule has 0 unspecified atom stereocenters. The van der Waals surface area contributed by atoms with Crippen molar-refractivity contribution in [3.63, 3.8) is 0 Å². The molecule has 1 heterocycles. The van der Waals surface area contributed by atoms with Gasteiger partial charge in [0.15, 0.2) is 9.84 Å². The van der Waals surface area contributed by atoms with Gasteiger partial charge in [0.05, 0.1) is 15.5 Å². The monoisotopic (exact) mass is 464 g/mol. The van der Waals surface area contributed by atoms with Gasteiger partial charge in [-0.1, -0.05) is 12.0 Å². The first-order valence-electron chi connectivity index (χ1n) is 9.05. The van der Waals surface area contributed by atoms with Crippen LogP contribution in [0, 0.1) is 0 Å². The fourth-order valence-electron chi connectivity index (χ4n) is 2.52. The molecule has 0 atom stereocenters. The Labute approximate surface area is 179 Å². The number of rotatable bonds is 7. The minimum atomic E-state index is -3.60. The number of hydrogen-bond acceptors (Lipinski definition) is 8. The third-order valence-corrected chi connectivity index (χ3v) is 7.96. The first-order valence-corrected chi connectivity index (χ1v) is 12.1. The maximum atomic E-state index is 12.4. The lowest BCUT2D eigenvalue weighted by molar-refractivity contribution is 0.102. The number of benzene rings is 2. The summed E-state index contributed by atoms with van der Waals surface area (Å²) < 4.78 is 54.4. The molecule has 0 fully saturated rings. The van der Waals surface area contributed by atoms with Crippen LogP contribution < -0.4 is 5.32 Å². The second-order valence-corrected chi connectivity index (χ2v) is 11.0. The Morgan fingerprint density at radius 2 is 1.52 bits per heavy atom. The van der Waals surface area contributed by atoms with Crippen molar-refractivity contribution >= 4 is 31.8 Å². The number of nitrogens with one attached hydrogen (secondary N) is 1. The predicted octanol–water partition coefficient (Wildman–Crippen LogP) is 2.03. The summed E-state index contributed by atoms with van der Waals surface area (Å²) in [6.07, 6.45) is 0. The van der Waals surface area contributed by atoms with Crippen LogP contribution in [0.1, 0.15) is 17.3 Å². The molecule has 1 aromatic heterocycles. The molecule has 0 radical (unpaired) electrons. The first-order chi connectivity index (χ1) is 14.5. The number of sulfonamides is 1. The van der Waals surface area contributed by atoms with Gasteiger partial charge in [-0.25, -0.2) is 21.1 Å². The zero-order chi connectivity index (χ0) is 22.8. The molecule has 1 amide bonds. The summed E-state index contributed by atoms with van der Waals surface area (Å²) in [7, 11) is -4.08. The van der Waals surface area contributed by atoms with E-state index in [0.29, 0.717) is 5.56 Å². The van der Waals surface area contributed by atoms with Crippen LogP contribution in [0.2, 0.25) is 0 Å². The average Bonchev–Trinajstić information content (AvgIpc) is 3.22. The average molecular weight is 465 g/mol. The van der Waals surface area contributed by atoms with Crippen LogP contribution in [0.15, 0.2) is 62.7 Å². The summed E-state index contributed by atoms with van der Waals surface area (Å²) in [6.45, 7) is 1.56. The molecule has 1 N–H and O–H groups in total. The minimum absolute atomic E-state index is 0.00879. The van der Waals surface area contributed by atoms with E-state index >= 15 is 0 Å². The lowest BCUT2D eigenvalue weighted by Gasteiger charge is -2.11. The Morgan fingerprint density at radius 1 is 0.935 bits per heavy atom. The van der Waals surface area contributed by atoms with Crippen molar-refractivity contribution in [2.45, 2.75) is 16.7 Å². The van der Waals surface area contributed by atoms with Gasteiger partial charge in [0, 0.05) is 25.2 Å². The highest BCUT2D eigenvalue weighted by molar-refractivity contribution is 7.91. The Morgan fingerprint density at radius 3 is 2.06 bits per heavy atom. The van der Waals surface area contributed by atoms with Gasteiger partial charge >= 0.3 is 6.01 Å². The molecule has 0 spiro atoms. The Hall–Kier alpha value is -3.09. The van der Waals surface area contributed by atoms with Crippen molar-refractivity contribution in [2.75, 3.05) is 25.2 Å². The third-order valence-electron chi connectivity index (χ3n) is 4.38. The summed E-state index contributed by atoms with van der Waals surface area (Å²) in [5.41, 5.74) is 0.688. The van der Waals surface area contributed by atoms with Gasteiger partial charge in [-0.3, -0.25) is 10.1 Å². The zero-order valence-electron chi connectivity index (χ0n) is 16.9. The molecule has 0 aliphatic heterocycles. The smallest absolute Gasteiger partial charge is 0.322 e. The normalized spacial score (nSPS) is 12.1. The van der Waals surface area contributed by atoms with Crippen molar-refractivity contribution in [3.05, 3.63) is 54.1 Å². The van der Waals surface area contributed by atoms with Crippen LogP contribution in [0.5, 0.6) is 0 Å². The van der Waals surface area contributed by atoms with Gasteiger partial charge in [0.25, 0.3) is 5.91 Å². The Balaban J connectivity index is 1.73. The van der Waals surface area contributed by atoms with Gasteiger partial charge in [0.2, 0.25) is 15.9 Å². The van der Waals surface area contributed by atoms with E-state index in [-0.39, 0.29) is 33.0 Å². The van der Waals surface area contributed by atoms with E-state index < -0.39 is 25.8 Å². The van der Waals surface area contributed by atoms with Crippen molar-refractivity contribution in [1.29, 1.82) is 0 Å². The molecule has 12 heteroatoms. The Bertz CT molecular complexity index is 1300. The number of hydrogen-bond donors (Lipinski definition) is 1. The van der Waals surface area contributed by atoms with Gasteiger partial charge < -0.3 is 4.42 Å². The lowest BCUT2D eigenvalue weighted by atomic mass is 10.2. The molecular weight excluding hydrogens is 444 g/mol. The second-order valence-electron chi connectivity index (χ2n) is 6.61. The molecule has 0 aliphatic rings. The number of sulfone groups is 1. The van der Waals surface area contributed by atoms with E-state index in [1.807, 2.05) is 0 Å². The van der Waals surface area contributed by atoms with Crippen LogP contribution in [-0.4, -0.2) is 57.1 Å². The molecule has 31 heavy (non-hydrogen) atoms. The largest absolute Gasteiger partial charge is 0.403 e. The standard InChI is InChI=1S/C19H20N4O6S2/c1-4-30(25,26)15-9-7-14(8-10-15)18-21-22-19(29-18)20-17(24)13-5-11-16(12-6-13)31(27,28)23(2)3/h5-12H,4H2,1-3H3,(H,20,22,24). The summed E-state index contributed by atoms with van der Waals surface area (Å²) in [6, 6.07) is 11.2. The highest BCUT2D eigenvalue weighted by atomic mass is 32.2. The topological polar surface area (TPSA) is 140 Å². The van der Waals surface area contributed by atoms with E-state index in [2.05, 4.69) is 15.5 Å². The van der Waals surface area contributed by atoms with Crippen molar-refractivity contribution < 1.29 is 26.0 Å². The molecular formula is C19H20N4O6S2. The molecule has 10 nitrogen and oxygen atoms in total. The maximum Gasteiger partial charge on any atom is 0.322 e. The SMILES string of the molecule is CCS(=O)(=O)c1ccc(-c2nnc(NC(=O)c3ccc(S(=O)(=O)N(C)C)cc3)o2)cc1. The van der Waals surface area contributed by atoms with Gasteiger partial charge in [-0.05, 0) is 48.5 Å². The molecule has 0 saturated heterocycles. The predicted molar refractivity (Wildman–Crippen MR) is 113 cm³/mol. The number of nitrogens with zero attached hydrogens (tertiary/aromatic N) is 3. The molecule has 0 saturated carbocycles. The van der Waals surface area contributed by atoms with E-state index in [1.54, 1.807) is 6.92 Å². The molecule has 0 bridgehead atoms. The van der Waals surface area contributed by atoms with Crippen LogP contribution in [-0.2, 0) is 19.9 Å². The highest BCUT2D eigenvalue weighted by Crippen LogP contribution is 2.22. The number of aromatic nitrogens is 2. The van der Waals surface area contributed by atoms with E-state index in [4.69, 9.17) is 4.42 Å². The Kier molecular flexibility index (Phi) is 6.25. The molecule has 3 aromatic rings. The zero-order valence-corrected chi connectivity index (χ0v) is 18.6. The van der Waals surface area contributed by atoms with Gasteiger partial charge in [0.1, 0.15) is 0 Å². The summed E-state index contributed by atoms with van der Waals surface area (Å²) in [5.74, 6) is -0.470. The number of anilines is 1. The summed E-state index contributed by atoms with van der Waals surface area (Å²) in [4.78, 5) is 12.6. The van der Waals surface area contributed by atoms with Crippen LogP contribution in [0.4, 0.5) is 6.01 Å². The molecule has 164 valence electrons. The van der Waals surface area contributed by atoms with Crippen LogP contribution in [0.3, 0.4) is 0 Å². The first kappa shape index (κ1) is 22.6. The van der Waals surface area contributed by atoms with E-state index in [1.165, 1.54) is 62.6 Å². The fourth-order valence-corrected chi connectivity index (χ4v) is 4.31. The second kappa shape index (κ2) is 8.57. The van der Waals surface area contributed by atoms with E-state index in [9.17, 15) is 21.6 Å². The van der Waals surface area contributed by atoms with Crippen LogP contribution >= 0.6 is 0 Å². The lowest BCUT2D eigenvalue weighted by Crippen LogP contribution is -2.22. The van der Waals surface area contributed by atoms with Crippen molar-refractivity contribution in [3.8, 4) is 11.5 Å². The molecule has 2 aromatic carbocycles. The number of carbonyl (C=O) groups is 1. The quantitative estimate of drug-likeness (QED) is 0.560. The minimum Gasteiger partial charge on any atom is -0.403 e. The maximum absolute atomic E-state index is 12.4. The molecule has 3 rings (SSSR count). The highest BCUT2D eigenvalue weighted by Gasteiger charge is 2.19. The number of carbonyl (C=O) groups excluding carboxylic acids is 1. The summed E-state index contributed by atoms with van der Waals surface area (Å²) in [5, 5.41) is 10.0. The molecule has 0 aliphatic carbocycles. The van der Waals surface area contributed by atoms with Crippen LogP contribution in [0.25, 0.3) is 11.5 Å².